The zero-order valence-corrected chi connectivity index (χ0v) is 16.1. The van der Waals surface area contributed by atoms with Crippen molar-refractivity contribution in [2.45, 2.75) is 50.4 Å². The smallest absolute Gasteiger partial charge is 0.270 e. The number of likely N-dealkylation sites (tertiary alicyclic amines) is 1. The summed E-state index contributed by atoms with van der Waals surface area (Å²) in [5.74, 6) is -0.161. The number of ether oxygens (including phenoxy) is 1. The molecule has 0 radical (unpaired) electrons. The van der Waals surface area contributed by atoms with Crippen molar-refractivity contribution < 1.29 is 14.6 Å². The number of aryl methyl sites for hydroxylation is 1. The van der Waals surface area contributed by atoms with E-state index in [1.54, 1.807) is 11.8 Å². The third kappa shape index (κ3) is 3.88. The molecular formula is C22H26N2O4. The highest BCUT2D eigenvalue weighted by Gasteiger charge is 2.44. The van der Waals surface area contributed by atoms with E-state index < -0.39 is 11.7 Å². The van der Waals surface area contributed by atoms with Gasteiger partial charge in [0.15, 0.2) is 5.43 Å². The van der Waals surface area contributed by atoms with Crippen molar-refractivity contribution in [2.75, 3.05) is 13.1 Å². The molecule has 1 aromatic carbocycles. The molecule has 148 valence electrons. The van der Waals surface area contributed by atoms with E-state index in [2.05, 4.69) is 4.98 Å². The minimum absolute atomic E-state index is 0.125. The second-order valence-electron chi connectivity index (χ2n) is 8.00. The van der Waals surface area contributed by atoms with Gasteiger partial charge in [-0.3, -0.25) is 9.59 Å². The molecule has 4 rings (SSSR count). The lowest BCUT2D eigenvalue weighted by Gasteiger charge is -2.48. The second kappa shape index (κ2) is 7.53. The van der Waals surface area contributed by atoms with Crippen molar-refractivity contribution in [2.24, 2.45) is 0 Å². The molecule has 1 spiro atoms. The summed E-state index contributed by atoms with van der Waals surface area (Å²) in [7, 11) is 0. The van der Waals surface area contributed by atoms with Gasteiger partial charge in [0, 0.05) is 43.8 Å². The third-order valence-corrected chi connectivity index (χ3v) is 5.83. The number of piperidine rings is 1. The van der Waals surface area contributed by atoms with Crippen LogP contribution in [-0.4, -0.2) is 45.7 Å². The van der Waals surface area contributed by atoms with E-state index in [4.69, 9.17) is 4.74 Å². The number of hydrogen-bond acceptors (Lipinski definition) is 4. The zero-order chi connectivity index (χ0) is 19.7. The van der Waals surface area contributed by atoms with Crippen LogP contribution in [0, 0.1) is 6.92 Å². The van der Waals surface area contributed by atoms with Crippen molar-refractivity contribution in [3.8, 4) is 0 Å². The van der Waals surface area contributed by atoms with Crippen LogP contribution in [0.1, 0.15) is 53.5 Å². The maximum absolute atomic E-state index is 12.8. The summed E-state index contributed by atoms with van der Waals surface area (Å²) in [6.07, 6.45) is 2.01. The Morgan fingerprint density at radius 1 is 1.21 bits per heavy atom. The van der Waals surface area contributed by atoms with Gasteiger partial charge in [0.2, 0.25) is 0 Å². The summed E-state index contributed by atoms with van der Waals surface area (Å²) in [4.78, 5) is 29.3. The molecule has 0 aliphatic carbocycles. The largest absolute Gasteiger partial charge is 0.393 e. The maximum atomic E-state index is 12.8. The molecule has 6 heteroatoms. The fourth-order valence-electron chi connectivity index (χ4n) is 4.44. The number of carbonyl (C=O) groups is 1. The monoisotopic (exact) mass is 382 g/mol. The zero-order valence-electron chi connectivity index (χ0n) is 16.1. The minimum atomic E-state index is -0.408. The first-order chi connectivity index (χ1) is 13.4. The van der Waals surface area contributed by atoms with Gasteiger partial charge in [-0.15, -0.1) is 0 Å². The van der Waals surface area contributed by atoms with E-state index in [0.717, 1.165) is 5.56 Å². The Balaban J connectivity index is 1.46. The van der Waals surface area contributed by atoms with E-state index in [0.29, 0.717) is 50.2 Å². The molecule has 28 heavy (non-hydrogen) atoms. The number of carbonyl (C=O) groups excluding carboxylic acids is 1. The molecule has 3 heterocycles. The number of H-pyrrole nitrogens is 1. The van der Waals surface area contributed by atoms with Crippen LogP contribution in [0.5, 0.6) is 0 Å². The van der Waals surface area contributed by atoms with Gasteiger partial charge in [-0.05, 0) is 25.3 Å². The van der Waals surface area contributed by atoms with E-state index in [1.165, 1.54) is 12.1 Å². The average Bonchev–Trinajstić information content (AvgIpc) is 2.67. The lowest BCUT2D eigenvalue weighted by Crippen LogP contribution is -2.52. The van der Waals surface area contributed by atoms with Crippen LogP contribution in [0.25, 0.3) is 0 Å². The third-order valence-electron chi connectivity index (χ3n) is 5.83. The number of rotatable bonds is 2. The topological polar surface area (TPSA) is 82.6 Å². The predicted octanol–water partition coefficient (Wildman–Crippen LogP) is 2.57. The van der Waals surface area contributed by atoms with Gasteiger partial charge >= 0.3 is 0 Å². The van der Waals surface area contributed by atoms with Gasteiger partial charge in [0.25, 0.3) is 5.91 Å². The molecule has 2 aromatic rings. The molecule has 0 saturated carbocycles. The van der Waals surface area contributed by atoms with Gasteiger partial charge in [-0.25, -0.2) is 0 Å². The summed E-state index contributed by atoms with van der Waals surface area (Å²) in [5.41, 5.74) is 1.50. The maximum Gasteiger partial charge on any atom is 0.270 e. The lowest BCUT2D eigenvalue weighted by atomic mass is 9.81. The number of nitrogens with one attached hydrogen (secondary N) is 1. The van der Waals surface area contributed by atoms with Crippen molar-refractivity contribution in [1.82, 2.24) is 9.88 Å². The summed E-state index contributed by atoms with van der Waals surface area (Å²) in [6, 6.07) is 12.8. The number of pyridine rings is 1. The Kier molecular flexibility index (Phi) is 5.08. The highest BCUT2D eigenvalue weighted by Crippen LogP contribution is 2.43. The highest BCUT2D eigenvalue weighted by molar-refractivity contribution is 5.92. The molecule has 0 bridgehead atoms. The van der Waals surface area contributed by atoms with Gasteiger partial charge in [0.05, 0.1) is 17.8 Å². The summed E-state index contributed by atoms with van der Waals surface area (Å²) in [5, 5.41) is 10.5. The quantitative estimate of drug-likeness (QED) is 0.836. The summed E-state index contributed by atoms with van der Waals surface area (Å²) >= 11 is 0. The Hall–Kier alpha value is -2.44. The Morgan fingerprint density at radius 3 is 2.61 bits per heavy atom. The number of nitrogens with zero attached hydrogens (tertiary/aromatic N) is 1. The summed E-state index contributed by atoms with van der Waals surface area (Å²) in [6.45, 7) is 2.86. The van der Waals surface area contributed by atoms with E-state index >= 15 is 0 Å². The van der Waals surface area contributed by atoms with Crippen LogP contribution in [0.15, 0.2) is 47.3 Å². The molecule has 6 nitrogen and oxygen atoms in total. The van der Waals surface area contributed by atoms with E-state index in [-0.39, 0.29) is 17.4 Å². The van der Waals surface area contributed by atoms with Crippen LogP contribution in [-0.2, 0) is 4.74 Å². The van der Waals surface area contributed by atoms with E-state index in [9.17, 15) is 14.7 Å². The number of aliphatic hydroxyl groups is 1. The Bertz CT molecular complexity index is 900. The molecule has 2 saturated heterocycles. The first-order valence-corrected chi connectivity index (χ1v) is 9.85. The number of aromatic amines is 1. The van der Waals surface area contributed by atoms with Crippen molar-refractivity contribution in [3.63, 3.8) is 0 Å². The van der Waals surface area contributed by atoms with Gasteiger partial charge in [-0.2, -0.15) is 0 Å². The number of aliphatic hydroxyl groups excluding tert-OH is 1. The molecule has 2 fully saturated rings. The van der Waals surface area contributed by atoms with Gasteiger partial charge < -0.3 is 19.7 Å². The molecular weight excluding hydrogens is 356 g/mol. The molecule has 1 amide bonds. The molecule has 2 N–H and O–H groups in total. The molecule has 2 aliphatic rings. The SMILES string of the molecule is Cc1cc(=O)cc(C(=O)N2CCC3(CC2)C[C@H](O)C[C@H](c2ccccc2)O3)[nH]1. The Morgan fingerprint density at radius 2 is 1.93 bits per heavy atom. The highest BCUT2D eigenvalue weighted by atomic mass is 16.5. The van der Waals surface area contributed by atoms with E-state index in [1.807, 2.05) is 30.3 Å². The van der Waals surface area contributed by atoms with Gasteiger partial charge in [-0.1, -0.05) is 30.3 Å². The van der Waals surface area contributed by atoms with Crippen molar-refractivity contribution in [1.29, 1.82) is 0 Å². The van der Waals surface area contributed by atoms with Crippen LogP contribution in [0.2, 0.25) is 0 Å². The number of benzene rings is 1. The Labute approximate surface area is 164 Å². The van der Waals surface area contributed by atoms with Crippen LogP contribution >= 0.6 is 0 Å². The standard InChI is InChI=1S/C22H26N2O4/c1-15-11-17(25)12-19(23-15)21(27)24-9-7-22(8-10-24)14-18(26)13-20(28-22)16-5-3-2-4-6-16/h2-6,11-12,18,20,26H,7-10,13-14H2,1H3,(H,23,25)/t18-,20-/m1/s1. The van der Waals surface area contributed by atoms with Crippen LogP contribution in [0.3, 0.4) is 0 Å². The first-order valence-electron chi connectivity index (χ1n) is 9.85. The number of hydrogen-bond donors (Lipinski definition) is 2. The normalized spacial score (nSPS) is 24.3. The van der Waals surface area contributed by atoms with Crippen molar-refractivity contribution >= 4 is 5.91 Å². The number of aromatic nitrogens is 1. The average molecular weight is 382 g/mol. The van der Waals surface area contributed by atoms with Crippen LogP contribution in [0.4, 0.5) is 0 Å². The lowest BCUT2D eigenvalue weighted by molar-refractivity contribution is -0.181. The summed E-state index contributed by atoms with van der Waals surface area (Å²) < 4.78 is 6.49. The molecule has 2 aliphatic heterocycles. The molecule has 2 atom stereocenters. The minimum Gasteiger partial charge on any atom is -0.393 e. The second-order valence-corrected chi connectivity index (χ2v) is 8.00. The fraction of sp³-hybridized carbons (Fsp3) is 0.455. The van der Waals surface area contributed by atoms with Crippen LogP contribution < -0.4 is 5.43 Å². The molecule has 0 unspecified atom stereocenters. The fourth-order valence-corrected chi connectivity index (χ4v) is 4.44. The van der Waals surface area contributed by atoms with Gasteiger partial charge in [0.1, 0.15) is 5.69 Å². The van der Waals surface area contributed by atoms with Crippen molar-refractivity contribution in [3.05, 3.63) is 69.6 Å². The molecule has 1 aromatic heterocycles. The predicted molar refractivity (Wildman–Crippen MR) is 105 cm³/mol. The first kappa shape index (κ1) is 18.9. The number of amides is 1.